The number of unbranched alkanes of at least 4 members (excludes halogenated alkanes) is 1. The van der Waals surface area contributed by atoms with Gasteiger partial charge in [0.1, 0.15) is 11.6 Å². The van der Waals surface area contributed by atoms with Crippen LogP contribution in [0.3, 0.4) is 0 Å². The van der Waals surface area contributed by atoms with E-state index in [9.17, 15) is 17.2 Å². The molecule has 0 fully saturated rings. The van der Waals surface area contributed by atoms with Gasteiger partial charge in [-0.25, -0.2) is 17.2 Å². The smallest absolute Gasteiger partial charge is 0.232 e. The predicted octanol–water partition coefficient (Wildman–Crippen LogP) is 2.73. The maximum Gasteiger partial charge on any atom is 0.232 e. The first-order valence-electron chi connectivity index (χ1n) is 4.95. The van der Waals surface area contributed by atoms with Crippen molar-refractivity contribution in [1.29, 1.82) is 0 Å². The molecule has 0 radical (unpaired) electrons. The predicted molar refractivity (Wildman–Crippen MR) is 63.7 cm³/mol. The van der Waals surface area contributed by atoms with Crippen LogP contribution in [0.25, 0.3) is 0 Å². The van der Waals surface area contributed by atoms with E-state index in [1.54, 1.807) is 0 Å². The molecule has 1 aromatic carbocycles. The Balaban J connectivity index is 2.69. The summed E-state index contributed by atoms with van der Waals surface area (Å²) in [4.78, 5) is 0. The Morgan fingerprint density at radius 2 is 1.71 bits per heavy atom. The van der Waals surface area contributed by atoms with Crippen molar-refractivity contribution in [2.24, 2.45) is 0 Å². The second-order valence-corrected chi connectivity index (χ2v) is 5.69. The lowest BCUT2D eigenvalue weighted by atomic mass is 10.3. The molecule has 3 nitrogen and oxygen atoms in total. The summed E-state index contributed by atoms with van der Waals surface area (Å²) in [5, 5.41) is 0. The monoisotopic (exact) mass is 283 g/mol. The number of rotatable bonds is 6. The highest BCUT2D eigenvalue weighted by atomic mass is 35.5. The molecule has 0 aliphatic rings. The molecule has 1 rings (SSSR count). The van der Waals surface area contributed by atoms with Crippen molar-refractivity contribution in [3.8, 4) is 0 Å². The Hall–Kier alpha value is -0.880. The van der Waals surface area contributed by atoms with Gasteiger partial charge in [0.25, 0.3) is 0 Å². The second kappa shape index (κ2) is 6.16. The summed E-state index contributed by atoms with van der Waals surface area (Å²) in [7, 11) is -3.58. The van der Waals surface area contributed by atoms with Crippen LogP contribution in [-0.4, -0.2) is 20.1 Å². The molecule has 17 heavy (non-hydrogen) atoms. The Morgan fingerprint density at radius 3 is 2.24 bits per heavy atom. The Bertz CT molecular complexity index is 459. The standard InChI is InChI=1S/C10H12ClF2NO2S/c11-3-1-2-4-17(15,16)14-10-6-8(12)5-9(13)7-10/h5-7,14H,1-4H2. The van der Waals surface area contributed by atoms with E-state index >= 15 is 0 Å². The van der Waals surface area contributed by atoms with Gasteiger partial charge in [-0.1, -0.05) is 0 Å². The molecule has 0 aliphatic heterocycles. The molecule has 0 aliphatic carbocycles. The zero-order valence-corrected chi connectivity index (χ0v) is 10.5. The second-order valence-electron chi connectivity index (χ2n) is 3.48. The minimum Gasteiger partial charge on any atom is -0.283 e. The lowest BCUT2D eigenvalue weighted by molar-refractivity contribution is 0.584. The Morgan fingerprint density at radius 1 is 1.12 bits per heavy atom. The summed E-state index contributed by atoms with van der Waals surface area (Å²) in [5.41, 5.74) is -0.117. The highest BCUT2D eigenvalue weighted by Gasteiger charge is 2.11. The fourth-order valence-corrected chi connectivity index (χ4v) is 2.58. The average molecular weight is 284 g/mol. The van der Waals surface area contributed by atoms with E-state index in [-0.39, 0.29) is 11.4 Å². The van der Waals surface area contributed by atoms with Gasteiger partial charge in [-0.15, -0.1) is 11.6 Å². The summed E-state index contributed by atoms with van der Waals surface area (Å²) in [5.74, 6) is -1.41. The molecule has 0 atom stereocenters. The zero-order chi connectivity index (χ0) is 12.9. The van der Waals surface area contributed by atoms with Crippen molar-refractivity contribution in [2.75, 3.05) is 16.4 Å². The van der Waals surface area contributed by atoms with Crippen LogP contribution in [-0.2, 0) is 10.0 Å². The summed E-state index contributed by atoms with van der Waals surface area (Å²) in [6, 6.07) is 2.51. The Kier molecular flexibility index (Phi) is 5.14. The van der Waals surface area contributed by atoms with E-state index in [1.165, 1.54) is 0 Å². The highest BCUT2D eigenvalue weighted by molar-refractivity contribution is 7.92. The first-order chi connectivity index (χ1) is 7.93. The van der Waals surface area contributed by atoms with Crippen molar-refractivity contribution in [1.82, 2.24) is 0 Å². The first kappa shape index (κ1) is 14.2. The molecule has 1 aromatic rings. The molecule has 0 saturated heterocycles. The van der Waals surface area contributed by atoms with Gasteiger partial charge in [-0.3, -0.25) is 4.72 Å². The number of benzene rings is 1. The molecule has 96 valence electrons. The lowest BCUT2D eigenvalue weighted by Gasteiger charge is -2.07. The van der Waals surface area contributed by atoms with Crippen molar-refractivity contribution in [3.05, 3.63) is 29.8 Å². The molecule has 0 bridgehead atoms. The van der Waals surface area contributed by atoms with E-state index in [0.29, 0.717) is 24.8 Å². The molecular formula is C10H12ClF2NO2S. The summed E-state index contributed by atoms with van der Waals surface area (Å²) in [6.45, 7) is 0. The summed E-state index contributed by atoms with van der Waals surface area (Å²) >= 11 is 5.42. The molecule has 0 unspecified atom stereocenters. The topological polar surface area (TPSA) is 46.2 Å². The fourth-order valence-electron chi connectivity index (χ4n) is 1.23. The number of halogens is 3. The first-order valence-corrected chi connectivity index (χ1v) is 7.14. The molecule has 0 saturated carbocycles. The molecule has 0 spiro atoms. The van der Waals surface area contributed by atoms with E-state index in [2.05, 4.69) is 4.72 Å². The van der Waals surface area contributed by atoms with Crippen LogP contribution in [0.5, 0.6) is 0 Å². The van der Waals surface area contributed by atoms with Crippen LogP contribution in [0.2, 0.25) is 0 Å². The zero-order valence-electron chi connectivity index (χ0n) is 8.92. The number of anilines is 1. The Labute approximate surface area is 104 Å². The average Bonchev–Trinajstić information content (AvgIpc) is 2.14. The van der Waals surface area contributed by atoms with Crippen LogP contribution < -0.4 is 4.72 Å². The van der Waals surface area contributed by atoms with Crippen molar-refractivity contribution < 1.29 is 17.2 Å². The van der Waals surface area contributed by atoms with Crippen LogP contribution in [0.1, 0.15) is 12.8 Å². The highest BCUT2D eigenvalue weighted by Crippen LogP contribution is 2.14. The third-order valence-electron chi connectivity index (χ3n) is 1.93. The largest absolute Gasteiger partial charge is 0.283 e. The van der Waals surface area contributed by atoms with Crippen LogP contribution in [0.15, 0.2) is 18.2 Å². The van der Waals surface area contributed by atoms with E-state index in [0.717, 1.165) is 12.1 Å². The SMILES string of the molecule is O=S(=O)(CCCCCl)Nc1cc(F)cc(F)c1. The van der Waals surface area contributed by atoms with Gasteiger partial charge in [0, 0.05) is 11.9 Å². The fraction of sp³-hybridized carbons (Fsp3) is 0.400. The minimum absolute atomic E-state index is 0.117. The molecular weight excluding hydrogens is 272 g/mol. The number of sulfonamides is 1. The van der Waals surface area contributed by atoms with Gasteiger partial charge in [0.05, 0.1) is 11.4 Å². The van der Waals surface area contributed by atoms with E-state index < -0.39 is 21.7 Å². The van der Waals surface area contributed by atoms with Crippen molar-refractivity contribution in [3.63, 3.8) is 0 Å². The normalized spacial score (nSPS) is 11.5. The van der Waals surface area contributed by atoms with Crippen molar-refractivity contribution >= 4 is 27.3 Å². The molecule has 1 N–H and O–H groups in total. The quantitative estimate of drug-likeness (QED) is 0.644. The summed E-state index contributed by atoms with van der Waals surface area (Å²) in [6.07, 6.45) is 0.969. The molecule has 0 heterocycles. The van der Waals surface area contributed by atoms with Gasteiger partial charge >= 0.3 is 0 Å². The van der Waals surface area contributed by atoms with Gasteiger partial charge < -0.3 is 0 Å². The molecule has 7 heteroatoms. The van der Waals surface area contributed by atoms with Gasteiger partial charge in [-0.05, 0) is 25.0 Å². The third-order valence-corrected chi connectivity index (χ3v) is 3.57. The summed E-state index contributed by atoms with van der Waals surface area (Å²) < 4.78 is 50.7. The van der Waals surface area contributed by atoms with Crippen molar-refractivity contribution in [2.45, 2.75) is 12.8 Å². The van der Waals surface area contributed by atoms with Crippen LogP contribution in [0.4, 0.5) is 14.5 Å². The maximum absolute atomic E-state index is 12.8. The number of hydrogen-bond donors (Lipinski definition) is 1. The van der Waals surface area contributed by atoms with Crippen LogP contribution >= 0.6 is 11.6 Å². The lowest BCUT2D eigenvalue weighted by Crippen LogP contribution is -2.17. The molecule has 0 aromatic heterocycles. The minimum atomic E-state index is -3.58. The van der Waals surface area contributed by atoms with E-state index in [1.807, 2.05) is 0 Å². The van der Waals surface area contributed by atoms with Crippen LogP contribution in [0, 0.1) is 11.6 Å². The number of hydrogen-bond acceptors (Lipinski definition) is 2. The van der Waals surface area contributed by atoms with Gasteiger partial charge in [0.2, 0.25) is 10.0 Å². The number of alkyl halides is 1. The van der Waals surface area contributed by atoms with Gasteiger partial charge in [0.15, 0.2) is 0 Å². The van der Waals surface area contributed by atoms with Gasteiger partial charge in [-0.2, -0.15) is 0 Å². The molecule has 0 amide bonds. The third kappa shape index (κ3) is 5.32. The number of nitrogens with one attached hydrogen (secondary N) is 1. The van der Waals surface area contributed by atoms with E-state index in [4.69, 9.17) is 11.6 Å². The maximum atomic E-state index is 12.8.